The Labute approximate surface area is 98.8 Å². The lowest BCUT2D eigenvalue weighted by Crippen LogP contribution is -2.21. The number of hydroxylamine groups is 2. The third-order valence-corrected chi connectivity index (χ3v) is 1.87. The monoisotopic (exact) mass is 238 g/mol. The van der Waals surface area contributed by atoms with Crippen molar-refractivity contribution in [3.8, 4) is 0 Å². The van der Waals surface area contributed by atoms with Gasteiger partial charge in [-0.2, -0.15) is 0 Å². The number of carbonyl (C=O) groups excluding carboxylic acids is 1. The van der Waals surface area contributed by atoms with Crippen molar-refractivity contribution < 1.29 is 19.5 Å². The van der Waals surface area contributed by atoms with Crippen LogP contribution in [0.3, 0.4) is 0 Å². The zero-order valence-electron chi connectivity index (χ0n) is 9.64. The highest BCUT2D eigenvalue weighted by Gasteiger charge is 2.09. The standard InChI is InChI=1S/C11H14N2O4/c1-13(2)17-10(14)9-5-3-4-8(6-9)7-12-11(15)16/h3-6,12H,7H2,1-2H3,(H,15,16). The molecule has 0 saturated heterocycles. The van der Waals surface area contributed by atoms with Crippen molar-refractivity contribution in [1.29, 1.82) is 0 Å². The number of nitrogens with zero attached hydrogens (tertiary/aromatic N) is 1. The first kappa shape index (κ1) is 13.0. The zero-order valence-corrected chi connectivity index (χ0v) is 9.64. The van der Waals surface area contributed by atoms with Crippen LogP contribution in [0.5, 0.6) is 0 Å². The molecule has 1 rings (SSSR count). The zero-order chi connectivity index (χ0) is 12.8. The van der Waals surface area contributed by atoms with Crippen LogP contribution in [-0.4, -0.2) is 36.3 Å². The molecular formula is C11H14N2O4. The van der Waals surface area contributed by atoms with Gasteiger partial charge in [-0.1, -0.05) is 12.1 Å². The Morgan fingerprint density at radius 1 is 1.41 bits per heavy atom. The minimum absolute atomic E-state index is 0.151. The van der Waals surface area contributed by atoms with E-state index >= 15 is 0 Å². The predicted molar refractivity (Wildman–Crippen MR) is 60.4 cm³/mol. The fourth-order valence-corrected chi connectivity index (χ4v) is 1.20. The largest absolute Gasteiger partial charge is 0.465 e. The van der Waals surface area contributed by atoms with Crippen LogP contribution in [0, 0.1) is 0 Å². The molecule has 2 N–H and O–H groups in total. The van der Waals surface area contributed by atoms with E-state index < -0.39 is 12.1 Å². The number of rotatable bonds is 4. The Morgan fingerprint density at radius 3 is 2.71 bits per heavy atom. The first-order valence-corrected chi connectivity index (χ1v) is 4.94. The Bertz CT molecular complexity index is 418. The maximum Gasteiger partial charge on any atom is 0.404 e. The molecule has 1 aromatic carbocycles. The maximum atomic E-state index is 11.5. The van der Waals surface area contributed by atoms with Gasteiger partial charge in [-0.3, -0.25) is 0 Å². The van der Waals surface area contributed by atoms with Gasteiger partial charge in [0.25, 0.3) is 0 Å². The summed E-state index contributed by atoms with van der Waals surface area (Å²) in [5, 5.41) is 12.0. The molecule has 0 bridgehead atoms. The highest BCUT2D eigenvalue weighted by Crippen LogP contribution is 2.07. The van der Waals surface area contributed by atoms with Crippen molar-refractivity contribution in [1.82, 2.24) is 10.4 Å². The predicted octanol–water partition coefficient (Wildman–Crippen LogP) is 1.09. The summed E-state index contributed by atoms with van der Waals surface area (Å²) in [4.78, 5) is 26.7. The smallest absolute Gasteiger partial charge is 0.404 e. The molecule has 0 spiro atoms. The van der Waals surface area contributed by atoms with Crippen molar-refractivity contribution in [2.75, 3.05) is 14.1 Å². The van der Waals surface area contributed by atoms with Gasteiger partial charge in [-0.05, 0) is 17.7 Å². The van der Waals surface area contributed by atoms with E-state index in [2.05, 4.69) is 5.32 Å². The fraction of sp³-hybridized carbons (Fsp3) is 0.273. The number of hydrogen-bond donors (Lipinski definition) is 2. The second-order valence-electron chi connectivity index (χ2n) is 3.55. The number of benzene rings is 1. The SMILES string of the molecule is CN(C)OC(=O)c1cccc(CNC(=O)O)c1. The summed E-state index contributed by atoms with van der Waals surface area (Å²) in [7, 11) is 3.21. The Kier molecular flexibility index (Phi) is 4.47. The Morgan fingerprint density at radius 2 is 2.12 bits per heavy atom. The van der Waals surface area contributed by atoms with E-state index in [9.17, 15) is 9.59 Å². The molecule has 0 heterocycles. The summed E-state index contributed by atoms with van der Waals surface area (Å²) in [5.74, 6) is -0.479. The Hall–Kier alpha value is -2.08. The summed E-state index contributed by atoms with van der Waals surface area (Å²) in [6.07, 6.45) is -1.11. The molecule has 0 atom stereocenters. The van der Waals surface area contributed by atoms with Crippen LogP contribution >= 0.6 is 0 Å². The van der Waals surface area contributed by atoms with Crippen molar-refractivity contribution in [3.05, 3.63) is 35.4 Å². The third-order valence-electron chi connectivity index (χ3n) is 1.87. The van der Waals surface area contributed by atoms with Crippen LogP contribution in [0.4, 0.5) is 4.79 Å². The second kappa shape index (κ2) is 5.86. The maximum absolute atomic E-state index is 11.5. The normalized spacial score (nSPS) is 10.1. The van der Waals surface area contributed by atoms with E-state index in [-0.39, 0.29) is 6.54 Å². The summed E-state index contributed by atoms with van der Waals surface area (Å²) in [6.45, 7) is 0.151. The number of nitrogens with one attached hydrogen (secondary N) is 1. The number of amides is 1. The summed E-state index contributed by atoms with van der Waals surface area (Å²) >= 11 is 0. The molecule has 0 aliphatic rings. The van der Waals surface area contributed by atoms with E-state index in [4.69, 9.17) is 9.94 Å². The van der Waals surface area contributed by atoms with Crippen molar-refractivity contribution in [2.45, 2.75) is 6.54 Å². The van der Waals surface area contributed by atoms with Gasteiger partial charge in [0.1, 0.15) is 0 Å². The molecule has 0 fully saturated rings. The molecule has 0 aromatic heterocycles. The first-order chi connectivity index (χ1) is 7.99. The van der Waals surface area contributed by atoms with Gasteiger partial charge < -0.3 is 15.3 Å². The van der Waals surface area contributed by atoms with Crippen LogP contribution in [0.25, 0.3) is 0 Å². The average molecular weight is 238 g/mol. The van der Waals surface area contributed by atoms with Crippen LogP contribution in [-0.2, 0) is 11.4 Å². The van der Waals surface area contributed by atoms with Gasteiger partial charge in [-0.25, -0.2) is 9.59 Å². The minimum Gasteiger partial charge on any atom is -0.465 e. The van der Waals surface area contributed by atoms with Crippen LogP contribution < -0.4 is 5.32 Å². The van der Waals surface area contributed by atoms with Gasteiger partial charge in [-0.15, -0.1) is 5.06 Å². The minimum atomic E-state index is -1.11. The molecule has 17 heavy (non-hydrogen) atoms. The van der Waals surface area contributed by atoms with E-state index in [0.29, 0.717) is 11.1 Å². The molecular weight excluding hydrogens is 224 g/mol. The highest BCUT2D eigenvalue weighted by atomic mass is 16.7. The van der Waals surface area contributed by atoms with Crippen LogP contribution in [0.2, 0.25) is 0 Å². The highest BCUT2D eigenvalue weighted by molar-refractivity contribution is 5.89. The lowest BCUT2D eigenvalue weighted by molar-refractivity contribution is -0.0713. The van der Waals surface area contributed by atoms with E-state index in [1.54, 1.807) is 38.4 Å². The van der Waals surface area contributed by atoms with E-state index in [0.717, 1.165) is 0 Å². The molecule has 6 heteroatoms. The molecule has 0 saturated carbocycles. The van der Waals surface area contributed by atoms with Crippen LogP contribution in [0.15, 0.2) is 24.3 Å². The molecule has 1 amide bonds. The molecule has 0 unspecified atom stereocenters. The van der Waals surface area contributed by atoms with Gasteiger partial charge in [0.2, 0.25) is 0 Å². The average Bonchev–Trinajstić information content (AvgIpc) is 2.26. The number of hydrogen-bond acceptors (Lipinski definition) is 4. The summed E-state index contributed by atoms with van der Waals surface area (Å²) in [5.41, 5.74) is 1.07. The lowest BCUT2D eigenvalue weighted by atomic mass is 10.1. The van der Waals surface area contributed by atoms with E-state index in [1.165, 1.54) is 5.06 Å². The fourth-order valence-electron chi connectivity index (χ4n) is 1.20. The van der Waals surface area contributed by atoms with Crippen molar-refractivity contribution in [2.24, 2.45) is 0 Å². The van der Waals surface area contributed by atoms with Crippen molar-refractivity contribution in [3.63, 3.8) is 0 Å². The van der Waals surface area contributed by atoms with Crippen LogP contribution in [0.1, 0.15) is 15.9 Å². The quantitative estimate of drug-likeness (QED) is 0.767. The lowest BCUT2D eigenvalue weighted by Gasteiger charge is -2.10. The molecule has 0 radical (unpaired) electrons. The molecule has 0 aliphatic heterocycles. The van der Waals surface area contributed by atoms with Gasteiger partial charge in [0, 0.05) is 20.6 Å². The van der Waals surface area contributed by atoms with Gasteiger partial charge in [0.15, 0.2) is 0 Å². The molecule has 92 valence electrons. The molecule has 1 aromatic rings. The summed E-state index contributed by atoms with van der Waals surface area (Å²) < 4.78 is 0. The van der Waals surface area contributed by atoms with Crippen molar-refractivity contribution >= 4 is 12.1 Å². The third kappa shape index (κ3) is 4.52. The first-order valence-electron chi connectivity index (χ1n) is 4.94. The Balaban J connectivity index is 2.71. The van der Waals surface area contributed by atoms with Gasteiger partial charge >= 0.3 is 12.1 Å². The molecule has 0 aliphatic carbocycles. The topological polar surface area (TPSA) is 78.9 Å². The van der Waals surface area contributed by atoms with Gasteiger partial charge in [0.05, 0.1) is 5.56 Å². The molecule has 6 nitrogen and oxygen atoms in total. The second-order valence-corrected chi connectivity index (χ2v) is 3.55. The summed E-state index contributed by atoms with van der Waals surface area (Å²) in [6, 6.07) is 6.59. The number of carboxylic acid groups (broad SMARTS) is 1. The van der Waals surface area contributed by atoms with E-state index in [1.807, 2.05) is 0 Å². The number of carbonyl (C=O) groups is 2.